The Bertz CT molecular complexity index is 564. The van der Waals surface area contributed by atoms with Crippen molar-refractivity contribution >= 4 is 17.8 Å². The highest BCUT2D eigenvalue weighted by molar-refractivity contribution is 7.99. The molecule has 1 saturated carbocycles. The maximum atomic E-state index is 12.3. The van der Waals surface area contributed by atoms with Crippen LogP contribution in [0.1, 0.15) is 30.4 Å². The van der Waals surface area contributed by atoms with Crippen molar-refractivity contribution in [2.45, 2.75) is 43.4 Å². The molecule has 1 aromatic rings. The molecule has 1 aliphatic carbocycles. The second-order valence-electron chi connectivity index (χ2n) is 6.46. The summed E-state index contributed by atoms with van der Waals surface area (Å²) >= 11 is 1.92. The first-order chi connectivity index (χ1) is 11.2. The highest BCUT2D eigenvalue weighted by Gasteiger charge is 2.29. The number of rotatable bonds is 5. The molecular formula is C18H26N2O2S. The molecule has 2 amide bonds. The Balaban J connectivity index is 1.44. The number of benzene rings is 1. The van der Waals surface area contributed by atoms with Crippen LogP contribution in [0.4, 0.5) is 4.79 Å². The van der Waals surface area contributed by atoms with Crippen molar-refractivity contribution in [3.63, 3.8) is 0 Å². The number of thioether (sulfide) groups is 1. The molecule has 1 aliphatic heterocycles. The van der Waals surface area contributed by atoms with E-state index in [1.807, 2.05) is 29.8 Å². The van der Waals surface area contributed by atoms with Crippen molar-refractivity contribution in [3.05, 3.63) is 29.3 Å². The van der Waals surface area contributed by atoms with E-state index in [0.717, 1.165) is 38.0 Å². The van der Waals surface area contributed by atoms with E-state index in [1.54, 1.807) is 0 Å². The molecule has 126 valence electrons. The molecule has 0 bridgehead atoms. The summed E-state index contributed by atoms with van der Waals surface area (Å²) in [7, 11) is 1.93. The smallest absolute Gasteiger partial charge is 0.317 e. The Morgan fingerprint density at radius 3 is 3.09 bits per heavy atom. The van der Waals surface area contributed by atoms with E-state index in [2.05, 4.69) is 23.7 Å². The summed E-state index contributed by atoms with van der Waals surface area (Å²) in [5, 5.41) is 3.77. The SMILES string of the molecule is CSC1CCC(N(C)C(=O)NCCc2ccc3c(c2)CCO3)C1. The van der Waals surface area contributed by atoms with Crippen LogP contribution in [0.15, 0.2) is 18.2 Å². The summed E-state index contributed by atoms with van der Waals surface area (Å²) in [5.41, 5.74) is 2.56. The van der Waals surface area contributed by atoms with E-state index in [1.165, 1.54) is 17.5 Å². The van der Waals surface area contributed by atoms with Crippen LogP contribution in [0.2, 0.25) is 0 Å². The Kier molecular flexibility index (Phi) is 5.36. The van der Waals surface area contributed by atoms with Gasteiger partial charge in [0.1, 0.15) is 5.75 Å². The van der Waals surface area contributed by atoms with Crippen LogP contribution < -0.4 is 10.1 Å². The highest BCUT2D eigenvalue weighted by Crippen LogP contribution is 2.31. The highest BCUT2D eigenvalue weighted by atomic mass is 32.2. The molecule has 0 saturated heterocycles. The van der Waals surface area contributed by atoms with Gasteiger partial charge in [0, 0.05) is 31.3 Å². The Morgan fingerprint density at radius 2 is 2.30 bits per heavy atom. The zero-order chi connectivity index (χ0) is 16.2. The predicted octanol–water partition coefficient (Wildman–Crippen LogP) is 3.09. The summed E-state index contributed by atoms with van der Waals surface area (Å²) in [5.74, 6) is 1.02. The number of carbonyl (C=O) groups excluding carboxylic acids is 1. The molecule has 5 heteroatoms. The molecule has 1 fully saturated rings. The molecule has 1 aromatic carbocycles. The van der Waals surface area contributed by atoms with E-state index < -0.39 is 0 Å². The standard InChI is InChI=1S/C18H26N2O2S/c1-20(15-4-5-16(12-15)23-2)18(21)19-9-7-13-3-6-17-14(11-13)8-10-22-17/h3,6,11,15-16H,4-5,7-10,12H2,1-2H3,(H,19,21). The molecular weight excluding hydrogens is 308 g/mol. The van der Waals surface area contributed by atoms with Crippen molar-refractivity contribution < 1.29 is 9.53 Å². The van der Waals surface area contributed by atoms with E-state index >= 15 is 0 Å². The van der Waals surface area contributed by atoms with Gasteiger partial charge in [0.2, 0.25) is 0 Å². The molecule has 1 N–H and O–H groups in total. The van der Waals surface area contributed by atoms with Gasteiger partial charge in [0.05, 0.1) is 6.61 Å². The Morgan fingerprint density at radius 1 is 1.43 bits per heavy atom. The minimum absolute atomic E-state index is 0.0567. The summed E-state index contributed by atoms with van der Waals surface area (Å²) < 4.78 is 5.52. The predicted molar refractivity (Wildman–Crippen MR) is 95.4 cm³/mol. The van der Waals surface area contributed by atoms with Gasteiger partial charge in [-0.15, -0.1) is 0 Å². The van der Waals surface area contributed by atoms with Crippen LogP contribution >= 0.6 is 11.8 Å². The zero-order valence-corrected chi connectivity index (χ0v) is 14.8. The number of hydrogen-bond donors (Lipinski definition) is 1. The van der Waals surface area contributed by atoms with Crippen LogP contribution in [-0.2, 0) is 12.8 Å². The number of amides is 2. The van der Waals surface area contributed by atoms with E-state index in [9.17, 15) is 4.79 Å². The minimum Gasteiger partial charge on any atom is -0.493 e. The first-order valence-corrected chi connectivity index (χ1v) is 9.74. The van der Waals surface area contributed by atoms with Crippen molar-refractivity contribution in [1.82, 2.24) is 10.2 Å². The lowest BCUT2D eigenvalue weighted by Crippen LogP contribution is -2.43. The first kappa shape index (κ1) is 16.5. The number of nitrogens with one attached hydrogen (secondary N) is 1. The van der Waals surface area contributed by atoms with Crippen LogP contribution in [0.25, 0.3) is 0 Å². The minimum atomic E-state index is 0.0567. The number of urea groups is 1. The first-order valence-electron chi connectivity index (χ1n) is 8.45. The molecule has 2 aliphatic rings. The molecule has 0 aromatic heterocycles. The van der Waals surface area contributed by atoms with Gasteiger partial charge in [0.15, 0.2) is 0 Å². The molecule has 2 unspecified atom stereocenters. The van der Waals surface area contributed by atoms with Gasteiger partial charge in [-0.1, -0.05) is 12.1 Å². The Hall–Kier alpha value is -1.36. The van der Waals surface area contributed by atoms with Crippen molar-refractivity contribution in [2.24, 2.45) is 0 Å². The van der Waals surface area contributed by atoms with Gasteiger partial charge in [0.25, 0.3) is 0 Å². The second-order valence-corrected chi connectivity index (χ2v) is 7.60. The molecule has 3 rings (SSSR count). The summed E-state index contributed by atoms with van der Waals surface area (Å²) in [6.07, 6.45) is 7.49. The third kappa shape index (κ3) is 3.94. The fourth-order valence-electron chi connectivity index (χ4n) is 3.48. The summed E-state index contributed by atoms with van der Waals surface area (Å²) in [6, 6.07) is 6.80. The lowest BCUT2D eigenvalue weighted by Gasteiger charge is -2.25. The molecule has 1 heterocycles. The topological polar surface area (TPSA) is 41.6 Å². The fraction of sp³-hybridized carbons (Fsp3) is 0.611. The fourth-order valence-corrected chi connectivity index (χ4v) is 4.27. The van der Waals surface area contributed by atoms with Crippen molar-refractivity contribution in [1.29, 1.82) is 0 Å². The maximum absolute atomic E-state index is 12.3. The average Bonchev–Trinajstić information content (AvgIpc) is 3.22. The van der Waals surface area contributed by atoms with E-state index in [-0.39, 0.29) is 6.03 Å². The van der Waals surface area contributed by atoms with Gasteiger partial charge in [-0.05, 0) is 49.1 Å². The van der Waals surface area contributed by atoms with E-state index in [0.29, 0.717) is 17.8 Å². The van der Waals surface area contributed by atoms with Gasteiger partial charge in [-0.2, -0.15) is 11.8 Å². The van der Waals surface area contributed by atoms with Crippen LogP contribution in [0.3, 0.4) is 0 Å². The number of carbonyl (C=O) groups is 1. The number of nitrogens with zero attached hydrogens (tertiary/aromatic N) is 1. The van der Waals surface area contributed by atoms with Gasteiger partial charge < -0.3 is 15.0 Å². The largest absolute Gasteiger partial charge is 0.493 e. The number of ether oxygens (including phenoxy) is 1. The van der Waals surface area contributed by atoms with Crippen molar-refractivity contribution in [3.8, 4) is 5.75 Å². The maximum Gasteiger partial charge on any atom is 0.317 e. The molecule has 4 nitrogen and oxygen atoms in total. The molecule has 0 radical (unpaired) electrons. The monoisotopic (exact) mass is 334 g/mol. The normalized spacial score (nSPS) is 22.5. The lowest BCUT2D eigenvalue weighted by molar-refractivity contribution is 0.191. The van der Waals surface area contributed by atoms with Crippen LogP contribution in [0, 0.1) is 0 Å². The lowest BCUT2D eigenvalue weighted by atomic mass is 10.1. The summed E-state index contributed by atoms with van der Waals surface area (Å²) in [6.45, 7) is 1.47. The summed E-state index contributed by atoms with van der Waals surface area (Å²) in [4.78, 5) is 14.2. The third-order valence-electron chi connectivity index (χ3n) is 5.00. The van der Waals surface area contributed by atoms with E-state index in [4.69, 9.17) is 4.74 Å². The quantitative estimate of drug-likeness (QED) is 0.900. The molecule has 23 heavy (non-hydrogen) atoms. The average molecular weight is 334 g/mol. The zero-order valence-electron chi connectivity index (χ0n) is 14.0. The third-order valence-corrected chi connectivity index (χ3v) is 6.10. The number of fused-ring (bicyclic) bond motifs is 1. The van der Waals surface area contributed by atoms with Gasteiger partial charge >= 0.3 is 6.03 Å². The van der Waals surface area contributed by atoms with Crippen molar-refractivity contribution in [2.75, 3.05) is 26.5 Å². The Labute approximate surface area is 143 Å². The van der Waals surface area contributed by atoms with Gasteiger partial charge in [-0.3, -0.25) is 0 Å². The van der Waals surface area contributed by atoms with Crippen LogP contribution in [0.5, 0.6) is 5.75 Å². The number of hydrogen-bond acceptors (Lipinski definition) is 3. The molecule has 0 spiro atoms. The van der Waals surface area contributed by atoms with Crippen LogP contribution in [-0.4, -0.2) is 48.7 Å². The second kappa shape index (κ2) is 7.47. The van der Waals surface area contributed by atoms with Gasteiger partial charge in [-0.25, -0.2) is 4.79 Å². The molecule has 2 atom stereocenters.